The summed E-state index contributed by atoms with van der Waals surface area (Å²) in [5.74, 6) is 2.25. The molecule has 0 spiro atoms. The minimum absolute atomic E-state index is 0. The molecular weight excluding hydrogens is 517 g/mol. The van der Waals surface area contributed by atoms with Crippen LogP contribution < -0.4 is 5.32 Å². The number of carbonyl (C=O) groups is 1. The number of carbonyl (C=O) groups excluding carboxylic acids is 1. The van der Waals surface area contributed by atoms with E-state index in [4.69, 9.17) is 0 Å². The summed E-state index contributed by atoms with van der Waals surface area (Å²) in [6.45, 7) is 11.1. The van der Waals surface area contributed by atoms with Gasteiger partial charge in [0, 0.05) is 59.4 Å². The van der Waals surface area contributed by atoms with E-state index in [0.717, 1.165) is 82.5 Å². The van der Waals surface area contributed by atoms with Gasteiger partial charge in [-0.1, -0.05) is 12.1 Å². The molecule has 176 valence electrons. The maximum absolute atomic E-state index is 12.7. The van der Waals surface area contributed by atoms with Gasteiger partial charge in [-0.2, -0.15) is 0 Å². The molecule has 0 bridgehead atoms. The number of hydrogen-bond acceptors (Lipinski definition) is 4. The molecule has 2 saturated heterocycles. The number of nitrogens with one attached hydrogen (secondary N) is 1. The molecule has 0 aliphatic carbocycles. The number of nitrogens with zero attached hydrogens (tertiary/aromatic N) is 6. The predicted octanol–water partition coefficient (Wildman–Crippen LogP) is 2.17. The lowest BCUT2D eigenvalue weighted by Gasteiger charge is -2.39. The Balaban J connectivity index is 0.00000289. The van der Waals surface area contributed by atoms with Gasteiger partial charge >= 0.3 is 0 Å². The second kappa shape index (κ2) is 11.3. The highest BCUT2D eigenvalue weighted by molar-refractivity contribution is 14.0. The van der Waals surface area contributed by atoms with Crippen molar-refractivity contribution in [1.82, 2.24) is 29.6 Å². The van der Waals surface area contributed by atoms with Gasteiger partial charge in [0.2, 0.25) is 5.91 Å². The number of para-hydroxylation sites is 2. The van der Waals surface area contributed by atoms with E-state index in [0.29, 0.717) is 0 Å². The van der Waals surface area contributed by atoms with Gasteiger partial charge in [0.1, 0.15) is 5.82 Å². The van der Waals surface area contributed by atoms with Crippen molar-refractivity contribution in [2.45, 2.75) is 39.3 Å². The van der Waals surface area contributed by atoms with E-state index in [-0.39, 0.29) is 35.9 Å². The van der Waals surface area contributed by atoms with Crippen molar-refractivity contribution in [3.05, 3.63) is 30.1 Å². The molecule has 1 unspecified atom stereocenters. The fraction of sp³-hybridized carbons (Fsp3) is 0.609. The molecule has 4 rings (SSSR count). The first-order valence-electron chi connectivity index (χ1n) is 11.5. The summed E-state index contributed by atoms with van der Waals surface area (Å²) in [5.41, 5.74) is 2.21. The number of hydrogen-bond donors (Lipinski definition) is 1. The summed E-state index contributed by atoms with van der Waals surface area (Å²) in [6.07, 6.45) is 2.28. The number of benzene rings is 1. The summed E-state index contributed by atoms with van der Waals surface area (Å²) >= 11 is 0. The van der Waals surface area contributed by atoms with Crippen LogP contribution in [-0.4, -0.2) is 95.0 Å². The second-order valence-corrected chi connectivity index (χ2v) is 8.50. The van der Waals surface area contributed by atoms with Gasteiger partial charge in [-0.25, -0.2) is 4.98 Å². The zero-order chi connectivity index (χ0) is 21.8. The Morgan fingerprint density at radius 3 is 2.47 bits per heavy atom. The molecule has 3 heterocycles. The van der Waals surface area contributed by atoms with Gasteiger partial charge in [0.05, 0.1) is 17.1 Å². The van der Waals surface area contributed by atoms with Crippen LogP contribution in [0, 0.1) is 6.92 Å². The van der Waals surface area contributed by atoms with E-state index >= 15 is 0 Å². The number of likely N-dealkylation sites (tertiary alicyclic amines) is 1. The van der Waals surface area contributed by atoms with Gasteiger partial charge in [-0.15, -0.1) is 24.0 Å². The summed E-state index contributed by atoms with van der Waals surface area (Å²) in [7, 11) is 1.84. The standard InChI is InChI=1S/C23H35N7O.HI/c1-18(22(31)28-11-6-7-12-28)27-14-16-29(17-15-27)23(24-3)25-10-13-30-19(2)26-20-8-4-5-9-21(20)30;/h4-5,8-9,18H,6-7,10-17H2,1-3H3,(H,24,25);1H. The third-order valence-corrected chi connectivity index (χ3v) is 6.61. The van der Waals surface area contributed by atoms with Gasteiger partial charge in [-0.3, -0.25) is 14.7 Å². The van der Waals surface area contributed by atoms with Crippen LogP contribution in [0.1, 0.15) is 25.6 Å². The van der Waals surface area contributed by atoms with Crippen molar-refractivity contribution in [2.75, 3.05) is 52.9 Å². The third-order valence-electron chi connectivity index (χ3n) is 6.61. The zero-order valence-corrected chi connectivity index (χ0v) is 21.8. The van der Waals surface area contributed by atoms with Crippen LogP contribution in [0.15, 0.2) is 29.3 Å². The fourth-order valence-electron chi connectivity index (χ4n) is 4.77. The maximum Gasteiger partial charge on any atom is 0.239 e. The van der Waals surface area contributed by atoms with Crippen molar-refractivity contribution in [2.24, 2.45) is 4.99 Å². The number of piperazine rings is 1. The monoisotopic (exact) mass is 553 g/mol. The number of aliphatic imine (C=N–C) groups is 1. The van der Waals surface area contributed by atoms with Gasteiger partial charge in [0.15, 0.2) is 5.96 Å². The maximum atomic E-state index is 12.7. The first kappa shape index (κ1) is 24.8. The van der Waals surface area contributed by atoms with Crippen molar-refractivity contribution in [3.8, 4) is 0 Å². The molecule has 2 aromatic rings. The molecular formula is C23H36IN7O. The van der Waals surface area contributed by atoms with Gasteiger partial charge in [0.25, 0.3) is 0 Å². The van der Waals surface area contributed by atoms with E-state index in [1.807, 2.05) is 18.0 Å². The quantitative estimate of drug-likeness (QED) is 0.350. The van der Waals surface area contributed by atoms with Crippen LogP contribution in [0.3, 0.4) is 0 Å². The predicted molar refractivity (Wildman–Crippen MR) is 140 cm³/mol. The minimum Gasteiger partial charge on any atom is -0.354 e. The number of aromatic nitrogens is 2. The zero-order valence-electron chi connectivity index (χ0n) is 19.5. The highest BCUT2D eigenvalue weighted by atomic mass is 127. The molecule has 1 N–H and O–H groups in total. The van der Waals surface area contributed by atoms with Crippen LogP contribution in [0.4, 0.5) is 0 Å². The Bertz CT molecular complexity index is 930. The lowest BCUT2D eigenvalue weighted by molar-refractivity contribution is -0.135. The van der Waals surface area contributed by atoms with E-state index < -0.39 is 0 Å². The largest absolute Gasteiger partial charge is 0.354 e. The Morgan fingerprint density at radius 1 is 1.09 bits per heavy atom. The summed E-state index contributed by atoms with van der Waals surface area (Å²) in [4.78, 5) is 28.5. The number of aryl methyl sites for hydroxylation is 1. The molecule has 8 nitrogen and oxygen atoms in total. The SMILES string of the molecule is CN=C(NCCn1c(C)nc2ccccc21)N1CCN(C(C)C(=O)N2CCCC2)CC1.I. The highest BCUT2D eigenvalue weighted by Crippen LogP contribution is 2.16. The van der Waals surface area contributed by atoms with Crippen molar-refractivity contribution in [1.29, 1.82) is 0 Å². The summed E-state index contributed by atoms with van der Waals surface area (Å²) in [5, 5.41) is 3.51. The average molecular weight is 553 g/mol. The van der Waals surface area contributed by atoms with Gasteiger partial charge < -0.3 is 19.7 Å². The number of guanidine groups is 1. The third kappa shape index (κ3) is 5.36. The van der Waals surface area contributed by atoms with Crippen molar-refractivity contribution in [3.63, 3.8) is 0 Å². The molecule has 0 radical (unpaired) electrons. The highest BCUT2D eigenvalue weighted by Gasteiger charge is 2.30. The summed E-state index contributed by atoms with van der Waals surface area (Å²) in [6, 6.07) is 8.22. The molecule has 9 heteroatoms. The molecule has 1 atom stereocenters. The number of rotatable bonds is 5. The molecule has 2 aliphatic rings. The first-order chi connectivity index (χ1) is 15.1. The fourth-order valence-corrected chi connectivity index (χ4v) is 4.77. The number of amides is 1. The second-order valence-electron chi connectivity index (χ2n) is 8.50. The lowest BCUT2D eigenvalue weighted by atomic mass is 10.2. The van der Waals surface area contributed by atoms with Crippen LogP contribution in [0.2, 0.25) is 0 Å². The molecule has 0 saturated carbocycles. The molecule has 32 heavy (non-hydrogen) atoms. The van der Waals surface area contributed by atoms with Crippen molar-refractivity contribution >= 4 is 46.9 Å². The molecule has 1 amide bonds. The Hall–Kier alpha value is -1.88. The molecule has 1 aromatic carbocycles. The van der Waals surface area contributed by atoms with E-state index in [1.165, 1.54) is 5.52 Å². The van der Waals surface area contributed by atoms with E-state index in [9.17, 15) is 4.79 Å². The molecule has 2 fully saturated rings. The molecule has 1 aromatic heterocycles. The minimum atomic E-state index is -0.0345. The van der Waals surface area contributed by atoms with Crippen LogP contribution in [0.25, 0.3) is 11.0 Å². The van der Waals surface area contributed by atoms with Crippen LogP contribution in [0.5, 0.6) is 0 Å². The Labute approximate surface area is 208 Å². The number of halogens is 1. The normalized spacial score (nSPS) is 18.7. The number of imidazole rings is 1. The Kier molecular flexibility index (Phi) is 8.75. The number of fused-ring (bicyclic) bond motifs is 1. The lowest BCUT2D eigenvalue weighted by Crippen LogP contribution is -2.57. The van der Waals surface area contributed by atoms with Crippen LogP contribution in [-0.2, 0) is 11.3 Å². The average Bonchev–Trinajstić information content (AvgIpc) is 3.44. The van der Waals surface area contributed by atoms with Crippen LogP contribution >= 0.6 is 24.0 Å². The first-order valence-corrected chi connectivity index (χ1v) is 11.5. The topological polar surface area (TPSA) is 69.0 Å². The molecule has 2 aliphatic heterocycles. The summed E-state index contributed by atoms with van der Waals surface area (Å²) < 4.78 is 2.25. The van der Waals surface area contributed by atoms with E-state index in [2.05, 4.69) is 61.7 Å². The van der Waals surface area contributed by atoms with Gasteiger partial charge in [-0.05, 0) is 38.8 Å². The smallest absolute Gasteiger partial charge is 0.239 e. The van der Waals surface area contributed by atoms with E-state index in [1.54, 1.807) is 0 Å². The Morgan fingerprint density at radius 2 is 1.78 bits per heavy atom. The van der Waals surface area contributed by atoms with Crippen molar-refractivity contribution < 1.29 is 4.79 Å².